The number of ether oxygens (including phenoxy) is 1. The third kappa shape index (κ3) is 5.31. The number of amides is 2. The molecule has 0 saturated carbocycles. The lowest BCUT2D eigenvalue weighted by atomic mass is 10.2. The zero-order valence-corrected chi connectivity index (χ0v) is 13.7. The monoisotopic (exact) mass is 328 g/mol. The van der Waals surface area contributed by atoms with Crippen molar-refractivity contribution in [2.24, 2.45) is 5.73 Å². The van der Waals surface area contributed by atoms with Gasteiger partial charge in [-0.05, 0) is 42.8 Å². The highest BCUT2D eigenvalue weighted by molar-refractivity contribution is 5.91. The summed E-state index contributed by atoms with van der Waals surface area (Å²) in [5.74, 6) is 1.45. The van der Waals surface area contributed by atoms with Crippen molar-refractivity contribution in [3.63, 3.8) is 0 Å². The molecule has 24 heavy (non-hydrogen) atoms. The van der Waals surface area contributed by atoms with E-state index in [0.717, 1.165) is 17.1 Å². The molecule has 0 saturated heterocycles. The summed E-state index contributed by atoms with van der Waals surface area (Å²) in [6, 6.07) is 10.7. The first kappa shape index (κ1) is 17.3. The van der Waals surface area contributed by atoms with Crippen molar-refractivity contribution in [2.45, 2.75) is 13.5 Å². The maximum atomic E-state index is 12.1. The standard InChI is InChI=1S/C18H20N2O4/c1-13-3-7-16(24-13)11-20(2)18(22)10-6-14-4-8-15(9-5-14)23-12-17(19)21/h3-10H,11-12H2,1-2H3,(H2,19,21)/b10-6-. The van der Waals surface area contributed by atoms with Gasteiger partial charge in [0.05, 0.1) is 6.54 Å². The summed E-state index contributed by atoms with van der Waals surface area (Å²) >= 11 is 0. The minimum atomic E-state index is -0.528. The first-order chi connectivity index (χ1) is 11.4. The third-order valence-electron chi connectivity index (χ3n) is 3.24. The summed E-state index contributed by atoms with van der Waals surface area (Å²) in [5, 5.41) is 0. The largest absolute Gasteiger partial charge is 0.484 e. The molecule has 0 radical (unpaired) electrons. The van der Waals surface area contributed by atoms with Crippen molar-refractivity contribution in [3.05, 3.63) is 59.6 Å². The SMILES string of the molecule is Cc1ccc(CN(C)C(=O)/C=C\c2ccc(OCC(N)=O)cc2)o1. The fourth-order valence-corrected chi connectivity index (χ4v) is 2.01. The highest BCUT2D eigenvalue weighted by Crippen LogP contribution is 2.13. The third-order valence-corrected chi connectivity index (χ3v) is 3.24. The maximum Gasteiger partial charge on any atom is 0.255 e. The molecule has 6 heteroatoms. The summed E-state index contributed by atoms with van der Waals surface area (Å²) in [6.45, 7) is 2.11. The van der Waals surface area contributed by atoms with E-state index in [2.05, 4.69) is 0 Å². The zero-order chi connectivity index (χ0) is 17.5. The van der Waals surface area contributed by atoms with Crippen LogP contribution in [-0.2, 0) is 16.1 Å². The Morgan fingerprint density at radius 3 is 2.50 bits per heavy atom. The molecule has 1 heterocycles. The Morgan fingerprint density at radius 1 is 1.21 bits per heavy atom. The molecule has 0 aliphatic rings. The Labute approximate surface area is 140 Å². The van der Waals surface area contributed by atoms with Crippen LogP contribution in [0.4, 0.5) is 0 Å². The van der Waals surface area contributed by atoms with Gasteiger partial charge in [0, 0.05) is 13.1 Å². The summed E-state index contributed by atoms with van der Waals surface area (Å²) in [5.41, 5.74) is 5.86. The van der Waals surface area contributed by atoms with Crippen molar-refractivity contribution < 1.29 is 18.7 Å². The summed E-state index contributed by atoms with van der Waals surface area (Å²) in [6.07, 6.45) is 3.21. The average Bonchev–Trinajstić information content (AvgIpc) is 2.96. The second kappa shape index (κ2) is 8.01. The number of primary amides is 1. The number of carbonyl (C=O) groups is 2. The van der Waals surface area contributed by atoms with E-state index in [4.69, 9.17) is 14.9 Å². The normalized spacial score (nSPS) is 10.8. The Morgan fingerprint density at radius 2 is 1.92 bits per heavy atom. The molecule has 0 atom stereocenters. The number of nitrogens with zero attached hydrogens (tertiary/aromatic N) is 1. The molecule has 2 aromatic rings. The van der Waals surface area contributed by atoms with Crippen LogP contribution in [0.15, 0.2) is 46.9 Å². The van der Waals surface area contributed by atoms with E-state index >= 15 is 0 Å². The highest BCUT2D eigenvalue weighted by Gasteiger charge is 2.08. The molecular formula is C18H20N2O4. The molecule has 0 aliphatic heterocycles. The van der Waals surface area contributed by atoms with E-state index in [1.165, 1.54) is 6.08 Å². The first-order valence-corrected chi connectivity index (χ1v) is 7.43. The van der Waals surface area contributed by atoms with E-state index < -0.39 is 5.91 Å². The van der Waals surface area contributed by atoms with Gasteiger partial charge in [-0.1, -0.05) is 12.1 Å². The van der Waals surface area contributed by atoms with E-state index in [0.29, 0.717) is 12.3 Å². The summed E-state index contributed by atoms with van der Waals surface area (Å²) in [7, 11) is 1.71. The van der Waals surface area contributed by atoms with Crippen LogP contribution in [0.3, 0.4) is 0 Å². The van der Waals surface area contributed by atoms with Gasteiger partial charge >= 0.3 is 0 Å². The number of hydrogen-bond donors (Lipinski definition) is 1. The van der Waals surface area contributed by atoms with Crippen molar-refractivity contribution in [1.29, 1.82) is 0 Å². The molecule has 0 aliphatic carbocycles. The van der Waals surface area contributed by atoms with Crippen LogP contribution in [0.25, 0.3) is 6.08 Å². The van der Waals surface area contributed by atoms with Gasteiger partial charge < -0.3 is 19.8 Å². The maximum absolute atomic E-state index is 12.1. The second-order valence-corrected chi connectivity index (χ2v) is 5.36. The minimum absolute atomic E-state index is 0.127. The van der Waals surface area contributed by atoms with E-state index in [-0.39, 0.29) is 12.5 Å². The molecular weight excluding hydrogens is 308 g/mol. The number of carbonyl (C=O) groups excluding carboxylic acids is 2. The molecule has 0 unspecified atom stereocenters. The molecule has 2 N–H and O–H groups in total. The van der Waals surface area contributed by atoms with Crippen molar-refractivity contribution in [1.82, 2.24) is 4.90 Å². The lowest BCUT2D eigenvalue weighted by molar-refractivity contribution is -0.125. The van der Waals surface area contributed by atoms with Gasteiger partial charge in [0.1, 0.15) is 17.3 Å². The Kier molecular flexibility index (Phi) is 5.78. The topological polar surface area (TPSA) is 85.8 Å². The van der Waals surface area contributed by atoms with Crippen LogP contribution >= 0.6 is 0 Å². The number of rotatable bonds is 7. The van der Waals surface area contributed by atoms with Gasteiger partial charge in [-0.25, -0.2) is 0 Å². The minimum Gasteiger partial charge on any atom is -0.484 e. The van der Waals surface area contributed by atoms with Crippen LogP contribution in [-0.4, -0.2) is 30.4 Å². The quantitative estimate of drug-likeness (QED) is 0.789. The van der Waals surface area contributed by atoms with Crippen molar-refractivity contribution in [3.8, 4) is 5.75 Å². The summed E-state index contributed by atoms with van der Waals surface area (Å²) < 4.78 is 10.6. The molecule has 1 aromatic heterocycles. The smallest absolute Gasteiger partial charge is 0.255 e. The predicted octanol–water partition coefficient (Wildman–Crippen LogP) is 2.12. The average molecular weight is 328 g/mol. The molecule has 6 nitrogen and oxygen atoms in total. The molecule has 0 bridgehead atoms. The van der Waals surface area contributed by atoms with E-state index in [1.807, 2.05) is 19.1 Å². The molecule has 0 spiro atoms. The number of aryl methyl sites for hydroxylation is 1. The second-order valence-electron chi connectivity index (χ2n) is 5.36. The number of nitrogens with two attached hydrogens (primary N) is 1. The fraction of sp³-hybridized carbons (Fsp3) is 0.222. The van der Waals surface area contributed by atoms with Crippen LogP contribution in [0.1, 0.15) is 17.1 Å². The van der Waals surface area contributed by atoms with Gasteiger partial charge in [-0.15, -0.1) is 0 Å². The lowest BCUT2D eigenvalue weighted by Crippen LogP contribution is -2.23. The number of benzene rings is 1. The van der Waals surface area contributed by atoms with Gasteiger partial charge in [0.25, 0.3) is 5.91 Å². The lowest BCUT2D eigenvalue weighted by Gasteiger charge is -2.13. The molecule has 2 amide bonds. The van der Waals surface area contributed by atoms with E-state index in [1.54, 1.807) is 42.3 Å². The number of hydrogen-bond acceptors (Lipinski definition) is 4. The van der Waals surface area contributed by atoms with Crippen molar-refractivity contribution in [2.75, 3.05) is 13.7 Å². The van der Waals surface area contributed by atoms with E-state index in [9.17, 15) is 9.59 Å². The van der Waals surface area contributed by atoms with Crippen LogP contribution in [0.5, 0.6) is 5.75 Å². The van der Waals surface area contributed by atoms with Gasteiger partial charge in [0.15, 0.2) is 6.61 Å². The molecule has 2 rings (SSSR count). The van der Waals surface area contributed by atoms with Crippen LogP contribution in [0.2, 0.25) is 0 Å². The Bertz CT molecular complexity index is 732. The van der Waals surface area contributed by atoms with Gasteiger partial charge in [0.2, 0.25) is 5.91 Å². The molecule has 126 valence electrons. The van der Waals surface area contributed by atoms with Crippen LogP contribution < -0.4 is 10.5 Å². The zero-order valence-electron chi connectivity index (χ0n) is 13.7. The fourth-order valence-electron chi connectivity index (χ4n) is 2.01. The number of furan rings is 1. The van der Waals surface area contributed by atoms with Crippen molar-refractivity contribution >= 4 is 17.9 Å². The Hall–Kier alpha value is -3.02. The van der Waals surface area contributed by atoms with Gasteiger partial charge in [-0.2, -0.15) is 0 Å². The molecule has 0 fully saturated rings. The number of likely N-dealkylation sites (N-methyl/N-ethyl adjacent to an activating group) is 1. The summed E-state index contributed by atoms with van der Waals surface area (Å²) in [4.78, 5) is 24.3. The Balaban J connectivity index is 1.89. The highest BCUT2D eigenvalue weighted by atomic mass is 16.5. The van der Waals surface area contributed by atoms with Crippen LogP contribution in [0, 0.1) is 6.92 Å². The predicted molar refractivity (Wildman–Crippen MR) is 90.1 cm³/mol. The van der Waals surface area contributed by atoms with Gasteiger partial charge in [-0.3, -0.25) is 9.59 Å². The molecule has 1 aromatic carbocycles. The first-order valence-electron chi connectivity index (χ1n) is 7.43.